The SMILES string of the molecule is C=C1CC[C@H]2[C@H](c3ccccc3)c3c(O)c(C=O)c(O)c(C=O)c3O[C@]2(C)CC[C@H]2[C@H]1CC2(C)C. The number of allylic oxidation sites excluding steroid dienone is 1. The summed E-state index contributed by atoms with van der Waals surface area (Å²) < 4.78 is 6.66. The Hall–Kier alpha value is -3.08. The van der Waals surface area contributed by atoms with Crippen molar-refractivity contribution in [2.45, 2.75) is 64.4 Å². The van der Waals surface area contributed by atoms with Crippen molar-refractivity contribution < 1.29 is 24.5 Å². The maximum absolute atomic E-state index is 12.1. The highest BCUT2D eigenvalue weighted by atomic mass is 16.5. The smallest absolute Gasteiger partial charge is 0.157 e. The van der Waals surface area contributed by atoms with E-state index in [0.717, 1.165) is 37.7 Å². The van der Waals surface area contributed by atoms with Crippen LogP contribution in [0.5, 0.6) is 17.2 Å². The molecule has 184 valence electrons. The van der Waals surface area contributed by atoms with Crippen LogP contribution in [0.1, 0.15) is 90.6 Å². The fourth-order valence-corrected chi connectivity index (χ4v) is 7.25. The summed E-state index contributed by atoms with van der Waals surface area (Å²) >= 11 is 0. The molecule has 0 bridgehead atoms. The lowest BCUT2D eigenvalue weighted by molar-refractivity contribution is -0.0395. The highest BCUT2D eigenvalue weighted by Gasteiger charge is 2.54. The number of rotatable bonds is 3. The van der Waals surface area contributed by atoms with Gasteiger partial charge in [0.05, 0.1) is 11.1 Å². The molecule has 5 rings (SSSR count). The zero-order valence-electron chi connectivity index (χ0n) is 20.7. The van der Waals surface area contributed by atoms with E-state index in [4.69, 9.17) is 4.74 Å². The first-order valence-corrected chi connectivity index (χ1v) is 12.6. The highest BCUT2D eigenvalue weighted by Crippen LogP contribution is 2.62. The van der Waals surface area contributed by atoms with E-state index in [1.54, 1.807) is 0 Å². The quantitative estimate of drug-likeness (QED) is 0.396. The van der Waals surface area contributed by atoms with Crippen LogP contribution in [0.15, 0.2) is 42.5 Å². The third kappa shape index (κ3) is 3.50. The normalized spacial score (nSPS) is 31.2. The van der Waals surface area contributed by atoms with Crippen molar-refractivity contribution in [1.29, 1.82) is 0 Å². The third-order valence-corrected chi connectivity index (χ3v) is 9.23. The van der Waals surface area contributed by atoms with E-state index in [-0.39, 0.29) is 39.9 Å². The summed E-state index contributed by atoms with van der Waals surface area (Å²) in [4.78, 5) is 24.0. The van der Waals surface area contributed by atoms with E-state index in [2.05, 4.69) is 27.4 Å². The number of carbonyl (C=O) groups is 2. The van der Waals surface area contributed by atoms with E-state index in [1.807, 2.05) is 30.3 Å². The third-order valence-electron chi connectivity index (χ3n) is 9.23. The molecule has 0 unspecified atom stereocenters. The second-order valence-electron chi connectivity index (χ2n) is 11.6. The Morgan fingerprint density at radius 1 is 0.971 bits per heavy atom. The minimum Gasteiger partial charge on any atom is -0.507 e. The van der Waals surface area contributed by atoms with Gasteiger partial charge in [0.15, 0.2) is 12.6 Å². The highest BCUT2D eigenvalue weighted by molar-refractivity contribution is 5.95. The minimum absolute atomic E-state index is 0.0239. The number of phenolic OH excluding ortho intramolecular Hbond substituents is 2. The van der Waals surface area contributed by atoms with Crippen LogP contribution >= 0.6 is 0 Å². The number of aldehydes is 2. The van der Waals surface area contributed by atoms with Crippen LogP contribution < -0.4 is 4.74 Å². The van der Waals surface area contributed by atoms with Crippen molar-refractivity contribution in [2.75, 3.05) is 0 Å². The van der Waals surface area contributed by atoms with Gasteiger partial charge in [0.1, 0.15) is 22.8 Å². The Bertz CT molecular complexity index is 1200. The van der Waals surface area contributed by atoms with Crippen LogP contribution in [0, 0.1) is 23.2 Å². The average molecular weight is 475 g/mol. The van der Waals surface area contributed by atoms with Crippen LogP contribution in [0.4, 0.5) is 0 Å². The number of hydrogen-bond acceptors (Lipinski definition) is 5. The number of ether oxygens (including phenoxy) is 1. The van der Waals surface area contributed by atoms with E-state index < -0.39 is 11.4 Å². The van der Waals surface area contributed by atoms with Crippen molar-refractivity contribution in [3.63, 3.8) is 0 Å². The first-order valence-electron chi connectivity index (χ1n) is 12.6. The molecule has 5 atom stereocenters. The van der Waals surface area contributed by atoms with Crippen LogP contribution in [0.3, 0.4) is 0 Å². The summed E-state index contributed by atoms with van der Waals surface area (Å²) in [5, 5.41) is 21.9. The summed E-state index contributed by atoms with van der Waals surface area (Å²) in [7, 11) is 0. The first-order chi connectivity index (χ1) is 16.6. The van der Waals surface area contributed by atoms with Gasteiger partial charge in [-0.3, -0.25) is 9.59 Å². The van der Waals surface area contributed by atoms with Gasteiger partial charge in [0.25, 0.3) is 0 Å². The Balaban J connectivity index is 1.73. The fraction of sp³-hybridized carbons (Fsp3) is 0.467. The lowest BCUT2D eigenvalue weighted by atomic mass is 9.52. The molecule has 2 aromatic carbocycles. The van der Waals surface area contributed by atoms with Gasteiger partial charge in [0, 0.05) is 17.4 Å². The number of benzene rings is 2. The Morgan fingerprint density at radius 3 is 2.29 bits per heavy atom. The molecule has 5 nitrogen and oxygen atoms in total. The van der Waals surface area contributed by atoms with Crippen molar-refractivity contribution in [1.82, 2.24) is 0 Å². The van der Waals surface area contributed by atoms with Crippen molar-refractivity contribution >= 4 is 12.6 Å². The molecule has 0 saturated heterocycles. The van der Waals surface area contributed by atoms with E-state index >= 15 is 0 Å². The van der Waals surface area contributed by atoms with Crippen LogP contribution in [0.2, 0.25) is 0 Å². The van der Waals surface area contributed by atoms with E-state index in [9.17, 15) is 19.8 Å². The molecule has 0 aromatic heterocycles. The zero-order chi connectivity index (χ0) is 25.1. The van der Waals surface area contributed by atoms with Gasteiger partial charge >= 0.3 is 0 Å². The second kappa shape index (κ2) is 8.25. The number of aromatic hydroxyl groups is 2. The standard InChI is InChI=1S/C30H34O5/c1-17-10-11-23-24(18-8-6-5-7-9-18)25-27(34)20(15-31)26(33)21(16-32)28(25)35-30(23,4)13-12-22-19(17)14-29(22,2)3/h5-9,15-16,19,22-24,33-34H,1,10-14H2,2-4H3/t19-,22-,23-,24-,30+/m0/s1. The van der Waals surface area contributed by atoms with Crippen LogP contribution in [0.25, 0.3) is 0 Å². The lowest BCUT2D eigenvalue weighted by Crippen LogP contribution is -2.49. The summed E-state index contributed by atoms with van der Waals surface area (Å²) in [5.41, 5.74) is 1.95. The van der Waals surface area contributed by atoms with Gasteiger partial charge in [-0.2, -0.15) is 0 Å². The molecule has 35 heavy (non-hydrogen) atoms. The Kier molecular flexibility index (Phi) is 5.58. The minimum atomic E-state index is -0.631. The largest absolute Gasteiger partial charge is 0.507 e. The molecule has 0 radical (unpaired) electrons. The van der Waals surface area contributed by atoms with Gasteiger partial charge in [-0.25, -0.2) is 0 Å². The topological polar surface area (TPSA) is 83.8 Å². The van der Waals surface area contributed by atoms with E-state index in [1.165, 1.54) is 5.57 Å². The summed E-state index contributed by atoms with van der Waals surface area (Å²) in [6.07, 6.45) is 5.50. The molecule has 3 aliphatic rings. The molecule has 2 aromatic rings. The molecule has 0 spiro atoms. The van der Waals surface area contributed by atoms with Crippen molar-refractivity contribution in [2.24, 2.45) is 23.2 Å². The molecular formula is C30H34O5. The van der Waals surface area contributed by atoms with Crippen molar-refractivity contribution in [3.05, 3.63) is 64.7 Å². The lowest BCUT2D eigenvalue weighted by Gasteiger charge is -2.53. The average Bonchev–Trinajstić information content (AvgIpc) is 2.86. The summed E-state index contributed by atoms with van der Waals surface area (Å²) in [6, 6.07) is 9.89. The van der Waals surface area contributed by atoms with Gasteiger partial charge in [0.2, 0.25) is 0 Å². The maximum atomic E-state index is 12.1. The van der Waals surface area contributed by atoms with Crippen LogP contribution in [-0.2, 0) is 0 Å². The van der Waals surface area contributed by atoms with Crippen LogP contribution in [-0.4, -0.2) is 28.4 Å². The molecule has 2 fully saturated rings. The zero-order valence-corrected chi connectivity index (χ0v) is 20.7. The molecule has 0 amide bonds. The van der Waals surface area contributed by atoms with Gasteiger partial charge in [-0.05, 0) is 61.8 Å². The fourth-order valence-electron chi connectivity index (χ4n) is 7.25. The molecule has 2 saturated carbocycles. The van der Waals surface area contributed by atoms with Gasteiger partial charge < -0.3 is 14.9 Å². The van der Waals surface area contributed by atoms with Crippen molar-refractivity contribution in [3.8, 4) is 17.2 Å². The van der Waals surface area contributed by atoms with E-state index in [0.29, 0.717) is 30.0 Å². The summed E-state index contributed by atoms with van der Waals surface area (Å²) in [5.74, 6) is 0.0524. The molecule has 1 aliphatic heterocycles. The Labute approximate surface area is 206 Å². The number of fused-ring (bicyclic) bond motifs is 3. The van der Waals surface area contributed by atoms with Gasteiger partial charge in [-0.1, -0.05) is 56.3 Å². The first kappa shape index (κ1) is 23.7. The molecular weight excluding hydrogens is 440 g/mol. The molecule has 1 heterocycles. The molecule has 2 N–H and O–H groups in total. The Morgan fingerprint density at radius 2 is 1.66 bits per heavy atom. The number of hydrogen-bond donors (Lipinski definition) is 2. The molecule has 2 aliphatic carbocycles. The van der Waals surface area contributed by atoms with Gasteiger partial charge in [-0.15, -0.1) is 0 Å². The number of phenols is 2. The predicted molar refractivity (Wildman–Crippen MR) is 134 cm³/mol. The number of carbonyl (C=O) groups excluding carboxylic acids is 2. The maximum Gasteiger partial charge on any atom is 0.157 e. The molecule has 5 heteroatoms. The predicted octanol–water partition coefficient (Wildman–Crippen LogP) is 6.41. The monoisotopic (exact) mass is 474 g/mol. The second-order valence-corrected chi connectivity index (χ2v) is 11.6. The summed E-state index contributed by atoms with van der Waals surface area (Å²) in [6.45, 7) is 11.2.